The molecule has 0 aliphatic heterocycles. The molecule has 1 aromatic rings. The minimum atomic E-state index is 0.0695. The van der Waals surface area contributed by atoms with Gasteiger partial charge in [0, 0.05) is 11.6 Å². The van der Waals surface area contributed by atoms with E-state index in [0.717, 1.165) is 12.8 Å². The number of benzene rings is 1. The van der Waals surface area contributed by atoms with Crippen LogP contribution in [0.4, 0.5) is 5.69 Å². The quantitative estimate of drug-likeness (QED) is 0.374. The summed E-state index contributed by atoms with van der Waals surface area (Å²) < 4.78 is 0. The van der Waals surface area contributed by atoms with E-state index < -0.39 is 0 Å². The zero-order chi connectivity index (χ0) is 14.0. The molecule has 1 aromatic carbocycles. The van der Waals surface area contributed by atoms with E-state index in [0.29, 0.717) is 15.7 Å². The lowest BCUT2D eigenvalue weighted by molar-refractivity contribution is 0.377. The van der Waals surface area contributed by atoms with Crippen molar-refractivity contribution in [1.29, 1.82) is 5.26 Å². The summed E-state index contributed by atoms with van der Waals surface area (Å²) in [6, 6.07) is 6.87. The van der Waals surface area contributed by atoms with Crippen LogP contribution in [0.15, 0.2) is 29.5 Å². The van der Waals surface area contributed by atoms with Gasteiger partial charge in [0.15, 0.2) is 0 Å². The fraction of sp³-hybridized carbons (Fsp3) is 0.231. The predicted octanol–water partition coefficient (Wildman–Crippen LogP) is 4.48. The monoisotopic (exact) mass is 312 g/mol. The van der Waals surface area contributed by atoms with Crippen molar-refractivity contribution in [3.8, 4) is 6.07 Å². The van der Waals surface area contributed by atoms with Crippen LogP contribution in [0.1, 0.15) is 12.8 Å². The molecular weight excluding hydrogens is 303 g/mol. The zero-order valence-corrected chi connectivity index (χ0v) is 12.1. The number of hydrogen-bond donors (Lipinski definition) is 2. The van der Waals surface area contributed by atoms with Crippen molar-refractivity contribution >= 4 is 46.1 Å². The van der Waals surface area contributed by atoms with Crippen LogP contribution in [-0.2, 0) is 0 Å². The lowest BCUT2D eigenvalue weighted by Crippen LogP contribution is -2.13. The Morgan fingerprint density at radius 3 is 2.58 bits per heavy atom. The van der Waals surface area contributed by atoms with E-state index in [1.165, 1.54) is 0 Å². The van der Waals surface area contributed by atoms with Gasteiger partial charge < -0.3 is 10.4 Å². The van der Waals surface area contributed by atoms with Crippen LogP contribution in [-0.4, -0.2) is 10.1 Å². The van der Waals surface area contributed by atoms with Crippen LogP contribution >= 0.6 is 35.4 Å². The first kappa shape index (κ1) is 14.1. The first-order valence-corrected chi connectivity index (χ1v) is 6.79. The number of anilines is 1. The molecule has 0 bridgehead atoms. The Morgan fingerprint density at radius 1 is 1.37 bits per heavy atom. The summed E-state index contributed by atoms with van der Waals surface area (Å²) >= 11 is 16.8. The van der Waals surface area contributed by atoms with Gasteiger partial charge in [0.1, 0.15) is 22.4 Å². The Labute approximate surface area is 126 Å². The number of aliphatic hydroxyl groups is 1. The highest BCUT2D eigenvalue weighted by molar-refractivity contribution is 7.81. The molecule has 1 aliphatic carbocycles. The molecule has 1 saturated carbocycles. The first-order chi connectivity index (χ1) is 9.02. The van der Waals surface area contributed by atoms with Gasteiger partial charge >= 0.3 is 0 Å². The van der Waals surface area contributed by atoms with Gasteiger partial charge in [-0.15, -0.1) is 0 Å². The number of allylic oxidation sites excluding steroid dienone is 1. The van der Waals surface area contributed by atoms with E-state index in [-0.39, 0.29) is 22.2 Å². The van der Waals surface area contributed by atoms with Gasteiger partial charge in [0.2, 0.25) is 0 Å². The molecule has 0 spiro atoms. The van der Waals surface area contributed by atoms with Crippen molar-refractivity contribution in [3.63, 3.8) is 0 Å². The predicted molar refractivity (Wildman–Crippen MR) is 80.7 cm³/mol. The van der Waals surface area contributed by atoms with Crippen molar-refractivity contribution in [3.05, 3.63) is 39.6 Å². The summed E-state index contributed by atoms with van der Waals surface area (Å²) in [7, 11) is 0. The summed E-state index contributed by atoms with van der Waals surface area (Å²) in [6.45, 7) is 0. The van der Waals surface area contributed by atoms with Crippen molar-refractivity contribution in [1.82, 2.24) is 0 Å². The van der Waals surface area contributed by atoms with E-state index in [1.807, 2.05) is 6.07 Å². The van der Waals surface area contributed by atoms with E-state index in [9.17, 15) is 5.11 Å². The average molecular weight is 313 g/mol. The van der Waals surface area contributed by atoms with Gasteiger partial charge in [-0.3, -0.25) is 0 Å². The van der Waals surface area contributed by atoms with Crippen LogP contribution in [0.5, 0.6) is 0 Å². The number of aliphatic hydroxyl groups excluding tert-OH is 1. The molecule has 1 fully saturated rings. The van der Waals surface area contributed by atoms with Crippen molar-refractivity contribution in [2.24, 2.45) is 5.92 Å². The maximum absolute atomic E-state index is 9.88. The van der Waals surface area contributed by atoms with Crippen LogP contribution < -0.4 is 5.32 Å². The third-order valence-electron chi connectivity index (χ3n) is 2.74. The summed E-state index contributed by atoms with van der Waals surface area (Å²) in [5.74, 6) is 0.142. The van der Waals surface area contributed by atoms with Crippen LogP contribution in [0.25, 0.3) is 0 Å². The van der Waals surface area contributed by atoms with Gasteiger partial charge in [-0.2, -0.15) is 5.26 Å². The summed E-state index contributed by atoms with van der Waals surface area (Å²) in [6.07, 6.45) is 1.79. The molecule has 2 rings (SSSR count). The molecule has 2 N–H and O–H groups in total. The minimum Gasteiger partial charge on any atom is -0.511 e. The Balaban J connectivity index is 2.18. The Hall–Kier alpha value is -1.28. The first-order valence-electron chi connectivity index (χ1n) is 5.62. The third-order valence-corrected chi connectivity index (χ3v) is 3.78. The molecule has 0 radical (unpaired) electrons. The highest BCUT2D eigenvalue weighted by Gasteiger charge is 2.29. The minimum absolute atomic E-state index is 0.0695. The van der Waals surface area contributed by atoms with E-state index >= 15 is 0 Å². The zero-order valence-electron chi connectivity index (χ0n) is 9.78. The van der Waals surface area contributed by atoms with E-state index in [1.54, 1.807) is 18.2 Å². The van der Waals surface area contributed by atoms with Crippen LogP contribution in [0.2, 0.25) is 10.0 Å². The number of nitrogens with zero attached hydrogens (tertiary/aromatic N) is 1. The summed E-state index contributed by atoms with van der Waals surface area (Å²) in [4.78, 5) is 0.185. The molecule has 6 heteroatoms. The summed E-state index contributed by atoms with van der Waals surface area (Å²) in [5.41, 5.74) is 0.735. The SMILES string of the molecule is N#C/C(C(=S)Nc1ccc(Cl)c(Cl)c1)=C(/O)C1CC1. The molecule has 1 aliphatic rings. The molecule has 19 heavy (non-hydrogen) atoms. The second-order valence-electron chi connectivity index (χ2n) is 4.23. The standard InChI is InChI=1S/C13H10Cl2N2OS/c14-10-4-3-8(5-11(10)15)17-13(19)9(6-16)12(18)7-1-2-7/h3-5,7,18H,1-2H2,(H,17,19)/b12-9-. The Kier molecular flexibility index (Phi) is 4.31. The number of rotatable bonds is 3. The molecule has 0 unspecified atom stereocenters. The molecule has 0 heterocycles. The van der Waals surface area contributed by atoms with Crippen LogP contribution in [0, 0.1) is 17.2 Å². The fourth-order valence-corrected chi connectivity index (χ4v) is 2.12. The molecule has 0 atom stereocenters. The Bertz CT molecular complexity index is 603. The normalized spacial score (nSPS) is 15.4. The Morgan fingerprint density at radius 2 is 2.05 bits per heavy atom. The fourth-order valence-electron chi connectivity index (χ4n) is 1.55. The van der Waals surface area contributed by atoms with Crippen molar-refractivity contribution < 1.29 is 5.11 Å². The molecule has 0 amide bonds. The molecule has 3 nitrogen and oxygen atoms in total. The third kappa shape index (κ3) is 3.38. The van der Waals surface area contributed by atoms with E-state index in [2.05, 4.69) is 5.32 Å². The lowest BCUT2D eigenvalue weighted by Gasteiger charge is -2.09. The summed E-state index contributed by atoms with van der Waals surface area (Å²) in [5, 5.41) is 22.7. The maximum atomic E-state index is 9.88. The second-order valence-corrected chi connectivity index (χ2v) is 5.45. The highest BCUT2D eigenvalue weighted by Crippen LogP contribution is 2.36. The molecule has 98 valence electrons. The second kappa shape index (κ2) is 5.79. The molecule has 0 aromatic heterocycles. The topological polar surface area (TPSA) is 56.0 Å². The van der Waals surface area contributed by atoms with Gasteiger partial charge in [-0.05, 0) is 31.0 Å². The van der Waals surface area contributed by atoms with Crippen molar-refractivity contribution in [2.75, 3.05) is 5.32 Å². The molecular formula is C13H10Cl2N2OS. The van der Waals surface area contributed by atoms with Gasteiger partial charge in [0.25, 0.3) is 0 Å². The average Bonchev–Trinajstić information content (AvgIpc) is 3.18. The smallest absolute Gasteiger partial charge is 0.125 e. The lowest BCUT2D eigenvalue weighted by atomic mass is 10.2. The number of thiocarbonyl (C=S) groups is 1. The number of nitriles is 1. The van der Waals surface area contributed by atoms with Gasteiger partial charge in [-0.25, -0.2) is 0 Å². The van der Waals surface area contributed by atoms with Crippen molar-refractivity contribution in [2.45, 2.75) is 12.8 Å². The maximum Gasteiger partial charge on any atom is 0.125 e. The molecule has 0 saturated heterocycles. The number of hydrogen-bond acceptors (Lipinski definition) is 3. The number of halogens is 2. The van der Waals surface area contributed by atoms with Gasteiger partial charge in [0.05, 0.1) is 10.0 Å². The van der Waals surface area contributed by atoms with Crippen LogP contribution in [0.3, 0.4) is 0 Å². The van der Waals surface area contributed by atoms with Gasteiger partial charge in [-0.1, -0.05) is 35.4 Å². The highest BCUT2D eigenvalue weighted by atomic mass is 35.5. The van der Waals surface area contributed by atoms with E-state index in [4.69, 9.17) is 40.7 Å². The largest absolute Gasteiger partial charge is 0.511 e. The number of nitrogens with one attached hydrogen (secondary N) is 1.